The highest BCUT2D eigenvalue weighted by Crippen LogP contribution is 2.31. The third kappa shape index (κ3) is 3.90. The predicted molar refractivity (Wildman–Crippen MR) is 113 cm³/mol. The van der Waals surface area contributed by atoms with Gasteiger partial charge in [0, 0.05) is 30.4 Å². The quantitative estimate of drug-likeness (QED) is 0.508. The lowest BCUT2D eigenvalue weighted by Gasteiger charge is -2.18. The Labute approximate surface area is 169 Å². The Balaban J connectivity index is 1.71. The molecule has 0 saturated carbocycles. The molecule has 0 fully saturated rings. The fraction of sp³-hybridized carbons (Fsp3) is 0.167. The zero-order valence-electron chi connectivity index (χ0n) is 16.4. The van der Waals surface area contributed by atoms with Gasteiger partial charge in [-0.3, -0.25) is 4.79 Å². The topological polar surface area (TPSA) is 46.4 Å². The third-order valence-electron chi connectivity index (χ3n) is 5.12. The van der Waals surface area contributed by atoms with E-state index in [1.165, 1.54) is 6.07 Å². The average molecular weight is 387 g/mol. The van der Waals surface area contributed by atoms with E-state index in [1.807, 2.05) is 60.8 Å². The number of anilines is 1. The maximum absolute atomic E-state index is 14.7. The molecule has 0 radical (unpaired) electrons. The lowest BCUT2D eigenvalue weighted by Crippen LogP contribution is -2.18. The van der Waals surface area contributed by atoms with Gasteiger partial charge in [-0.25, -0.2) is 9.37 Å². The number of carbonyl (C=O) groups excluding carboxylic acids is 1. The zero-order valence-corrected chi connectivity index (χ0v) is 16.4. The molecule has 1 N–H and O–H groups in total. The molecule has 4 rings (SSSR count). The first-order valence-electron chi connectivity index (χ1n) is 9.56. The van der Waals surface area contributed by atoms with Crippen LogP contribution in [0.5, 0.6) is 0 Å². The van der Waals surface area contributed by atoms with Crippen molar-refractivity contribution < 1.29 is 9.18 Å². The molecule has 0 unspecified atom stereocenters. The molecule has 2 heterocycles. The lowest BCUT2D eigenvalue weighted by atomic mass is 9.91. The van der Waals surface area contributed by atoms with Crippen LogP contribution < -0.4 is 5.32 Å². The molecular formula is C24H22FN3O. The summed E-state index contributed by atoms with van der Waals surface area (Å²) in [4.78, 5) is 17.3. The molecule has 5 heteroatoms. The molecule has 2 aromatic heterocycles. The summed E-state index contributed by atoms with van der Waals surface area (Å²) >= 11 is 0. The van der Waals surface area contributed by atoms with Crippen molar-refractivity contribution in [1.82, 2.24) is 9.38 Å². The smallest absolute Gasteiger partial charge is 0.225 e. The second-order valence-electron chi connectivity index (χ2n) is 7.26. The van der Waals surface area contributed by atoms with Gasteiger partial charge in [0.15, 0.2) is 0 Å². The van der Waals surface area contributed by atoms with Crippen LogP contribution in [-0.4, -0.2) is 15.3 Å². The Kier molecular flexibility index (Phi) is 5.12. The van der Waals surface area contributed by atoms with Gasteiger partial charge in [0.05, 0.1) is 5.69 Å². The second-order valence-corrected chi connectivity index (χ2v) is 7.26. The Hall–Kier alpha value is -3.47. The van der Waals surface area contributed by atoms with Gasteiger partial charge in [-0.15, -0.1) is 0 Å². The standard InChI is InChI=1S/C24H22FN3O/c1-16-9-11-18(12-10-16)27-23(29)14-20(19-7-3-4-8-21(19)25)22-15-26-24-17(2)6-5-13-28(22)24/h3-13,15,20H,14H2,1-2H3,(H,27,29)/t20-/m1/s1. The Morgan fingerprint density at radius 3 is 2.59 bits per heavy atom. The third-order valence-corrected chi connectivity index (χ3v) is 5.12. The summed E-state index contributed by atoms with van der Waals surface area (Å²) in [5, 5.41) is 2.92. The van der Waals surface area contributed by atoms with Crippen molar-refractivity contribution in [3.63, 3.8) is 0 Å². The molecule has 1 atom stereocenters. The minimum atomic E-state index is -0.460. The maximum atomic E-state index is 14.7. The summed E-state index contributed by atoms with van der Waals surface area (Å²) in [7, 11) is 0. The Morgan fingerprint density at radius 2 is 1.83 bits per heavy atom. The van der Waals surface area contributed by atoms with Crippen molar-refractivity contribution in [2.45, 2.75) is 26.2 Å². The van der Waals surface area contributed by atoms with Crippen molar-refractivity contribution in [1.29, 1.82) is 0 Å². The number of aromatic nitrogens is 2. The van der Waals surface area contributed by atoms with E-state index in [0.29, 0.717) is 5.56 Å². The molecule has 0 aliphatic carbocycles. The highest BCUT2D eigenvalue weighted by atomic mass is 19.1. The number of carbonyl (C=O) groups is 1. The van der Waals surface area contributed by atoms with E-state index in [2.05, 4.69) is 10.3 Å². The number of halogens is 1. The molecule has 0 saturated heterocycles. The molecule has 4 nitrogen and oxygen atoms in total. The van der Waals surface area contributed by atoms with Crippen LogP contribution in [0.25, 0.3) is 5.65 Å². The van der Waals surface area contributed by atoms with Crippen LogP contribution in [0.2, 0.25) is 0 Å². The number of benzene rings is 2. The average Bonchev–Trinajstić information content (AvgIpc) is 3.14. The van der Waals surface area contributed by atoms with E-state index < -0.39 is 5.92 Å². The largest absolute Gasteiger partial charge is 0.326 e. The zero-order chi connectivity index (χ0) is 20.4. The SMILES string of the molecule is Cc1ccc(NC(=O)C[C@H](c2ccccc2F)c2cnc3c(C)cccn23)cc1. The van der Waals surface area contributed by atoms with Crippen LogP contribution in [-0.2, 0) is 4.79 Å². The van der Waals surface area contributed by atoms with Crippen LogP contribution >= 0.6 is 0 Å². The number of aryl methyl sites for hydroxylation is 2. The molecule has 0 spiro atoms. The number of rotatable bonds is 5. The molecule has 2 aromatic carbocycles. The fourth-order valence-corrected chi connectivity index (χ4v) is 3.59. The number of pyridine rings is 1. The van der Waals surface area contributed by atoms with Gasteiger partial charge >= 0.3 is 0 Å². The number of imidazole rings is 1. The number of nitrogens with zero attached hydrogens (tertiary/aromatic N) is 2. The first-order valence-corrected chi connectivity index (χ1v) is 9.56. The van der Waals surface area contributed by atoms with Crippen LogP contribution in [0.1, 0.15) is 34.7 Å². The van der Waals surface area contributed by atoms with Gasteiger partial charge in [-0.05, 0) is 49.2 Å². The number of hydrogen-bond acceptors (Lipinski definition) is 2. The molecular weight excluding hydrogens is 365 g/mol. The van der Waals surface area contributed by atoms with E-state index in [1.54, 1.807) is 24.4 Å². The van der Waals surface area contributed by atoms with Crippen molar-refractivity contribution in [3.8, 4) is 0 Å². The molecule has 1 amide bonds. The molecule has 0 aliphatic heterocycles. The number of nitrogens with one attached hydrogen (secondary N) is 1. The number of hydrogen-bond donors (Lipinski definition) is 1. The number of fused-ring (bicyclic) bond motifs is 1. The van der Waals surface area contributed by atoms with Gasteiger partial charge in [0.1, 0.15) is 11.5 Å². The van der Waals surface area contributed by atoms with Crippen LogP contribution in [0.15, 0.2) is 73.1 Å². The summed E-state index contributed by atoms with van der Waals surface area (Å²) in [6.45, 7) is 3.97. The van der Waals surface area contributed by atoms with Crippen molar-refractivity contribution >= 4 is 17.2 Å². The van der Waals surface area contributed by atoms with Crippen molar-refractivity contribution in [2.24, 2.45) is 0 Å². The Morgan fingerprint density at radius 1 is 1.07 bits per heavy atom. The van der Waals surface area contributed by atoms with E-state index in [-0.39, 0.29) is 18.1 Å². The lowest BCUT2D eigenvalue weighted by molar-refractivity contribution is -0.116. The Bertz CT molecular complexity index is 1160. The first kappa shape index (κ1) is 18.9. The van der Waals surface area contributed by atoms with Crippen molar-refractivity contribution in [3.05, 3.63) is 101 Å². The molecule has 146 valence electrons. The van der Waals surface area contributed by atoms with Crippen LogP contribution in [0.4, 0.5) is 10.1 Å². The van der Waals surface area contributed by atoms with Gasteiger partial charge in [0.2, 0.25) is 5.91 Å². The fourth-order valence-electron chi connectivity index (χ4n) is 3.59. The second kappa shape index (κ2) is 7.87. The van der Waals surface area contributed by atoms with Gasteiger partial charge in [-0.2, -0.15) is 0 Å². The van der Waals surface area contributed by atoms with Gasteiger partial charge in [-0.1, -0.05) is 42.0 Å². The van der Waals surface area contributed by atoms with E-state index in [0.717, 1.165) is 28.2 Å². The van der Waals surface area contributed by atoms with E-state index in [4.69, 9.17) is 0 Å². The highest BCUT2D eigenvalue weighted by molar-refractivity contribution is 5.91. The van der Waals surface area contributed by atoms with E-state index in [9.17, 15) is 9.18 Å². The molecule has 0 aliphatic rings. The first-order chi connectivity index (χ1) is 14.0. The summed E-state index contributed by atoms with van der Waals surface area (Å²) in [6, 6.07) is 18.1. The normalized spacial score (nSPS) is 12.1. The van der Waals surface area contributed by atoms with Gasteiger partial charge < -0.3 is 9.72 Å². The summed E-state index contributed by atoms with van der Waals surface area (Å²) in [5.74, 6) is -0.966. The molecule has 4 aromatic rings. The van der Waals surface area contributed by atoms with Crippen LogP contribution in [0.3, 0.4) is 0 Å². The highest BCUT2D eigenvalue weighted by Gasteiger charge is 2.24. The minimum absolute atomic E-state index is 0.108. The molecule has 0 bridgehead atoms. The van der Waals surface area contributed by atoms with E-state index >= 15 is 0 Å². The monoisotopic (exact) mass is 387 g/mol. The number of amides is 1. The van der Waals surface area contributed by atoms with Crippen molar-refractivity contribution in [2.75, 3.05) is 5.32 Å². The molecule has 29 heavy (non-hydrogen) atoms. The van der Waals surface area contributed by atoms with Gasteiger partial charge in [0.25, 0.3) is 0 Å². The maximum Gasteiger partial charge on any atom is 0.225 e. The summed E-state index contributed by atoms with van der Waals surface area (Å²) in [6.07, 6.45) is 3.74. The summed E-state index contributed by atoms with van der Waals surface area (Å²) < 4.78 is 16.6. The summed E-state index contributed by atoms with van der Waals surface area (Å²) in [5.41, 5.74) is 4.94. The predicted octanol–water partition coefficient (Wildman–Crippen LogP) is 5.25. The van der Waals surface area contributed by atoms with Crippen LogP contribution in [0, 0.1) is 19.7 Å². The minimum Gasteiger partial charge on any atom is -0.326 e.